The quantitative estimate of drug-likeness (QED) is 0.488. The third-order valence-electron chi connectivity index (χ3n) is 6.64. The van der Waals surface area contributed by atoms with Crippen molar-refractivity contribution < 1.29 is 9.90 Å². The van der Waals surface area contributed by atoms with Crippen molar-refractivity contribution >= 4 is 17.2 Å². The van der Waals surface area contributed by atoms with Crippen LogP contribution in [-0.2, 0) is 16.6 Å². The molecule has 8 heteroatoms. The second kappa shape index (κ2) is 8.96. The summed E-state index contributed by atoms with van der Waals surface area (Å²) >= 11 is 1.66. The van der Waals surface area contributed by atoms with Gasteiger partial charge < -0.3 is 10.0 Å². The summed E-state index contributed by atoms with van der Waals surface area (Å²) in [6, 6.07) is 14.4. The zero-order valence-corrected chi connectivity index (χ0v) is 18.7. The van der Waals surface area contributed by atoms with Crippen LogP contribution in [0.5, 0.6) is 0 Å². The Bertz CT molecular complexity index is 1080. The summed E-state index contributed by atoms with van der Waals surface area (Å²) in [6.45, 7) is 0.725. The minimum absolute atomic E-state index is 0.0713. The van der Waals surface area contributed by atoms with Gasteiger partial charge >= 0.3 is 0 Å². The van der Waals surface area contributed by atoms with Crippen LogP contribution in [0, 0.1) is 0 Å². The number of tetrazole rings is 1. The van der Waals surface area contributed by atoms with Crippen molar-refractivity contribution in [2.45, 2.75) is 56.1 Å². The maximum absolute atomic E-state index is 12.5. The molecule has 1 saturated heterocycles. The van der Waals surface area contributed by atoms with Crippen LogP contribution < -0.4 is 0 Å². The first kappa shape index (κ1) is 21.0. The lowest BCUT2D eigenvalue weighted by atomic mass is 9.89. The van der Waals surface area contributed by atoms with Crippen molar-refractivity contribution in [1.82, 2.24) is 25.5 Å². The van der Waals surface area contributed by atoms with E-state index in [1.165, 1.54) is 10.4 Å². The summed E-state index contributed by atoms with van der Waals surface area (Å²) in [7, 11) is 0. The molecule has 2 atom stereocenters. The van der Waals surface area contributed by atoms with Crippen LogP contribution in [0.25, 0.3) is 10.7 Å². The predicted molar refractivity (Wildman–Crippen MR) is 123 cm³/mol. The van der Waals surface area contributed by atoms with Crippen LogP contribution >= 0.6 is 11.3 Å². The number of hydrogen-bond donors (Lipinski definition) is 2. The van der Waals surface area contributed by atoms with Crippen LogP contribution in [0.3, 0.4) is 0 Å². The number of aromatic nitrogens is 4. The molecule has 3 aromatic rings. The second-order valence-electron chi connectivity index (χ2n) is 8.65. The molecule has 1 unspecified atom stereocenters. The molecule has 2 aliphatic rings. The van der Waals surface area contributed by atoms with E-state index in [2.05, 4.69) is 44.9 Å². The molecule has 2 aromatic heterocycles. The van der Waals surface area contributed by atoms with Crippen molar-refractivity contribution in [2.75, 3.05) is 6.54 Å². The molecule has 7 nitrogen and oxygen atoms in total. The third-order valence-corrected chi connectivity index (χ3v) is 7.78. The molecular weight excluding hydrogens is 422 g/mol. The molecule has 32 heavy (non-hydrogen) atoms. The highest BCUT2D eigenvalue weighted by Crippen LogP contribution is 2.51. The lowest BCUT2D eigenvalue weighted by molar-refractivity contribution is -0.128. The molecule has 2 fully saturated rings. The van der Waals surface area contributed by atoms with Crippen LogP contribution in [0.4, 0.5) is 0 Å². The number of aromatic amines is 1. The first-order valence-electron chi connectivity index (χ1n) is 11.2. The molecule has 0 bridgehead atoms. The van der Waals surface area contributed by atoms with E-state index in [0.717, 1.165) is 43.5 Å². The lowest BCUT2D eigenvalue weighted by Crippen LogP contribution is -2.33. The molecule has 1 saturated carbocycles. The number of nitrogens with one attached hydrogen (secondary N) is 1. The number of benzene rings is 1. The van der Waals surface area contributed by atoms with E-state index in [-0.39, 0.29) is 17.4 Å². The number of carbonyl (C=O) groups is 1. The fourth-order valence-electron chi connectivity index (χ4n) is 4.65. The number of aliphatic hydroxyl groups excluding tert-OH is 1. The number of rotatable bonds is 9. The number of carbonyl (C=O) groups excluding carboxylic acids is 1. The van der Waals surface area contributed by atoms with Gasteiger partial charge in [-0.2, -0.15) is 5.21 Å². The van der Waals surface area contributed by atoms with Gasteiger partial charge in [0.2, 0.25) is 11.7 Å². The van der Waals surface area contributed by atoms with Crippen LogP contribution in [-0.4, -0.2) is 55.2 Å². The van der Waals surface area contributed by atoms with Gasteiger partial charge in [-0.1, -0.05) is 42.5 Å². The van der Waals surface area contributed by atoms with Crippen LogP contribution in [0.1, 0.15) is 42.5 Å². The Morgan fingerprint density at radius 3 is 2.84 bits per heavy atom. The number of aryl methyl sites for hydroxylation is 1. The smallest absolute Gasteiger partial charge is 0.223 e. The number of nitrogens with zero attached hydrogens (tertiary/aromatic N) is 4. The molecule has 1 aliphatic carbocycles. The van der Waals surface area contributed by atoms with E-state index in [1.54, 1.807) is 11.3 Å². The van der Waals surface area contributed by atoms with Crippen molar-refractivity contribution in [1.29, 1.82) is 0 Å². The van der Waals surface area contributed by atoms with Gasteiger partial charge in [-0.15, -0.1) is 21.5 Å². The molecule has 2 N–H and O–H groups in total. The molecule has 0 spiro atoms. The highest BCUT2D eigenvalue weighted by atomic mass is 32.1. The number of likely N-dealkylation sites (tertiary alicyclic amines) is 1. The molecule has 3 heterocycles. The van der Waals surface area contributed by atoms with E-state index in [0.29, 0.717) is 12.2 Å². The van der Waals surface area contributed by atoms with Crippen molar-refractivity contribution in [3.63, 3.8) is 0 Å². The number of thiophene rings is 1. The summed E-state index contributed by atoms with van der Waals surface area (Å²) in [4.78, 5) is 16.7. The maximum Gasteiger partial charge on any atom is 0.223 e. The van der Waals surface area contributed by atoms with E-state index < -0.39 is 6.10 Å². The lowest BCUT2D eigenvalue weighted by Gasteiger charge is -2.24. The Kier molecular flexibility index (Phi) is 5.89. The van der Waals surface area contributed by atoms with Gasteiger partial charge in [-0.25, -0.2) is 0 Å². The van der Waals surface area contributed by atoms with Gasteiger partial charge in [-0.05, 0) is 55.0 Å². The topological polar surface area (TPSA) is 95.0 Å². The number of amides is 1. The Labute approximate surface area is 191 Å². The van der Waals surface area contributed by atoms with Gasteiger partial charge in [0.1, 0.15) is 0 Å². The maximum atomic E-state index is 12.5. The first-order valence-corrected chi connectivity index (χ1v) is 12.0. The molecule has 1 aliphatic heterocycles. The van der Waals surface area contributed by atoms with Gasteiger partial charge in [0.15, 0.2) is 0 Å². The monoisotopic (exact) mass is 449 g/mol. The normalized spacial score (nSPS) is 20.8. The van der Waals surface area contributed by atoms with E-state index in [9.17, 15) is 9.90 Å². The van der Waals surface area contributed by atoms with Crippen molar-refractivity contribution in [3.05, 3.63) is 65.1 Å². The minimum Gasteiger partial charge on any atom is -0.388 e. The van der Waals surface area contributed by atoms with E-state index in [4.69, 9.17) is 0 Å². The zero-order chi connectivity index (χ0) is 22.0. The number of aliphatic hydroxyl groups is 1. The van der Waals surface area contributed by atoms with Crippen molar-refractivity contribution in [2.24, 2.45) is 0 Å². The standard InChI is InChI=1S/C24H27N5O2S/c30-21(24(14-15-24)17-5-2-1-3-6-17)12-8-18-9-13-22(31)29(18)16-4-7-19-10-11-20(32-19)23-25-27-28-26-23/h1-3,5-6,8,10-12,18,21,30H,4,7,9,13-16H2,(H,25,26,27,28)/t18-,21?/m0/s1. The van der Waals surface area contributed by atoms with Crippen LogP contribution in [0.15, 0.2) is 54.6 Å². The average Bonchev–Trinajstić information content (AvgIpc) is 3.14. The molecule has 5 rings (SSSR count). The molecular formula is C24H27N5O2S. The average molecular weight is 450 g/mol. The molecule has 1 amide bonds. The van der Waals surface area contributed by atoms with Gasteiger partial charge in [0, 0.05) is 23.3 Å². The van der Waals surface area contributed by atoms with E-state index in [1.807, 2.05) is 35.2 Å². The summed E-state index contributed by atoms with van der Waals surface area (Å²) in [5, 5.41) is 25.0. The number of hydrogen-bond acceptors (Lipinski definition) is 6. The SMILES string of the molecule is O=C1CC[C@H](C=CC(O)C2(c3ccccc3)CC2)N1CCCc1ccc(-c2nn[nH]n2)s1. The van der Waals surface area contributed by atoms with Gasteiger partial charge in [-0.3, -0.25) is 4.79 Å². The first-order chi connectivity index (χ1) is 15.7. The Hall–Kier alpha value is -2.84. The summed E-state index contributed by atoms with van der Waals surface area (Å²) in [6.07, 6.45) is 8.67. The largest absolute Gasteiger partial charge is 0.388 e. The van der Waals surface area contributed by atoms with Gasteiger partial charge in [0.05, 0.1) is 17.0 Å². The Morgan fingerprint density at radius 1 is 1.25 bits per heavy atom. The highest BCUT2D eigenvalue weighted by Gasteiger charge is 2.49. The van der Waals surface area contributed by atoms with E-state index >= 15 is 0 Å². The fourth-order valence-corrected chi connectivity index (χ4v) is 5.63. The summed E-state index contributed by atoms with van der Waals surface area (Å²) in [5.41, 5.74) is 1.05. The Balaban J connectivity index is 1.17. The Morgan fingerprint density at radius 2 is 2.09 bits per heavy atom. The number of H-pyrrole nitrogens is 1. The molecule has 166 valence electrons. The van der Waals surface area contributed by atoms with Gasteiger partial charge in [0.25, 0.3) is 0 Å². The zero-order valence-electron chi connectivity index (χ0n) is 17.9. The highest BCUT2D eigenvalue weighted by molar-refractivity contribution is 7.15. The summed E-state index contributed by atoms with van der Waals surface area (Å²) < 4.78 is 0. The summed E-state index contributed by atoms with van der Waals surface area (Å²) in [5.74, 6) is 0.820. The second-order valence-corrected chi connectivity index (χ2v) is 9.82. The molecule has 1 aromatic carbocycles. The third kappa shape index (κ3) is 4.25. The predicted octanol–water partition coefficient (Wildman–Crippen LogP) is 3.50. The fraction of sp³-hybridized carbons (Fsp3) is 0.417. The minimum atomic E-state index is -0.517. The van der Waals surface area contributed by atoms with Crippen LogP contribution in [0.2, 0.25) is 0 Å². The molecule has 0 radical (unpaired) electrons. The van der Waals surface area contributed by atoms with Crippen molar-refractivity contribution in [3.8, 4) is 10.7 Å².